The molecule has 0 spiro atoms. The van der Waals surface area contributed by atoms with Gasteiger partial charge in [0.25, 0.3) is 0 Å². The van der Waals surface area contributed by atoms with Crippen LogP contribution in [0.3, 0.4) is 0 Å². The molecule has 1 unspecified atom stereocenters. The topological polar surface area (TPSA) is 24.1 Å². The summed E-state index contributed by atoms with van der Waals surface area (Å²) in [5, 5.41) is 7.08. The summed E-state index contributed by atoms with van der Waals surface area (Å²) < 4.78 is 0. The third-order valence-electron chi connectivity index (χ3n) is 2.21. The molecule has 1 aliphatic rings. The van der Waals surface area contributed by atoms with Gasteiger partial charge in [0.2, 0.25) is 0 Å². The van der Waals surface area contributed by atoms with E-state index in [4.69, 9.17) is 0 Å². The average molecular weight is 170 g/mol. The second-order valence-electron chi connectivity index (χ2n) is 4.77. The summed E-state index contributed by atoms with van der Waals surface area (Å²) in [6.07, 6.45) is 3.91. The molecule has 2 N–H and O–H groups in total. The molecule has 1 aliphatic heterocycles. The Balaban J connectivity index is 2.30. The molecule has 0 aromatic heterocycles. The van der Waals surface area contributed by atoms with Gasteiger partial charge in [-0.25, -0.2) is 0 Å². The van der Waals surface area contributed by atoms with Crippen LogP contribution in [0.5, 0.6) is 0 Å². The van der Waals surface area contributed by atoms with Gasteiger partial charge in [-0.3, -0.25) is 0 Å². The molecule has 0 bridgehead atoms. The zero-order valence-corrected chi connectivity index (χ0v) is 8.61. The van der Waals surface area contributed by atoms with E-state index in [0.29, 0.717) is 0 Å². The minimum atomic E-state index is 0.273. The monoisotopic (exact) mass is 170 g/mol. The fourth-order valence-corrected chi connectivity index (χ4v) is 1.78. The van der Waals surface area contributed by atoms with Crippen molar-refractivity contribution in [2.75, 3.05) is 13.1 Å². The Bertz CT molecular complexity index is 118. The minimum absolute atomic E-state index is 0.273. The Labute approximate surface area is 76.1 Å². The maximum absolute atomic E-state index is 3.66. The predicted molar refractivity (Wildman–Crippen MR) is 53.4 cm³/mol. The second kappa shape index (κ2) is 4.24. The smallest absolute Gasteiger partial charge is 0.00991 e. The molecule has 1 fully saturated rings. The molecule has 0 aliphatic carbocycles. The van der Waals surface area contributed by atoms with Crippen LogP contribution in [0.4, 0.5) is 0 Å². The highest BCUT2D eigenvalue weighted by molar-refractivity contribution is 4.80. The van der Waals surface area contributed by atoms with Crippen molar-refractivity contribution in [1.82, 2.24) is 10.6 Å². The molecule has 1 heterocycles. The molecule has 2 nitrogen and oxygen atoms in total. The normalized spacial score (nSPS) is 26.8. The van der Waals surface area contributed by atoms with Gasteiger partial charge in [-0.2, -0.15) is 0 Å². The molecule has 1 atom stereocenters. The zero-order valence-electron chi connectivity index (χ0n) is 8.61. The standard InChI is InChI=1S/C10H22N2/c1-10(2,3)12-9-5-4-7-11-8-6-9/h9,11-12H,4-8H2,1-3H3. The van der Waals surface area contributed by atoms with Crippen molar-refractivity contribution in [3.05, 3.63) is 0 Å². The molecule has 0 aromatic carbocycles. The number of nitrogens with one attached hydrogen (secondary N) is 2. The molecule has 1 saturated heterocycles. The molecular formula is C10H22N2. The van der Waals surface area contributed by atoms with E-state index < -0.39 is 0 Å². The van der Waals surface area contributed by atoms with Gasteiger partial charge in [0.1, 0.15) is 0 Å². The van der Waals surface area contributed by atoms with E-state index in [-0.39, 0.29) is 5.54 Å². The fraction of sp³-hybridized carbons (Fsp3) is 1.00. The van der Waals surface area contributed by atoms with E-state index in [9.17, 15) is 0 Å². The lowest BCUT2D eigenvalue weighted by Gasteiger charge is -2.27. The first-order chi connectivity index (χ1) is 5.58. The van der Waals surface area contributed by atoms with Gasteiger partial charge >= 0.3 is 0 Å². The summed E-state index contributed by atoms with van der Waals surface area (Å²) >= 11 is 0. The highest BCUT2D eigenvalue weighted by atomic mass is 15.0. The Morgan fingerprint density at radius 1 is 1.17 bits per heavy atom. The van der Waals surface area contributed by atoms with Crippen LogP contribution in [0, 0.1) is 0 Å². The summed E-state index contributed by atoms with van der Waals surface area (Å²) in [6, 6.07) is 0.722. The van der Waals surface area contributed by atoms with Crippen molar-refractivity contribution >= 4 is 0 Å². The molecular weight excluding hydrogens is 148 g/mol. The van der Waals surface area contributed by atoms with Crippen LogP contribution in [-0.4, -0.2) is 24.7 Å². The lowest BCUT2D eigenvalue weighted by molar-refractivity contribution is 0.339. The van der Waals surface area contributed by atoms with Gasteiger partial charge in [-0.1, -0.05) is 0 Å². The number of hydrogen-bond acceptors (Lipinski definition) is 2. The maximum atomic E-state index is 3.66. The second-order valence-corrected chi connectivity index (χ2v) is 4.77. The van der Waals surface area contributed by atoms with Crippen LogP contribution < -0.4 is 10.6 Å². The molecule has 2 heteroatoms. The van der Waals surface area contributed by atoms with Gasteiger partial charge in [0.05, 0.1) is 0 Å². The Kier molecular flexibility index (Phi) is 3.53. The van der Waals surface area contributed by atoms with Crippen molar-refractivity contribution < 1.29 is 0 Å². The minimum Gasteiger partial charge on any atom is -0.317 e. The first-order valence-electron chi connectivity index (χ1n) is 5.06. The van der Waals surface area contributed by atoms with Crippen LogP contribution in [-0.2, 0) is 0 Å². The van der Waals surface area contributed by atoms with Crippen LogP contribution in [0.25, 0.3) is 0 Å². The largest absolute Gasteiger partial charge is 0.317 e. The third kappa shape index (κ3) is 4.07. The van der Waals surface area contributed by atoms with Gasteiger partial charge in [-0.05, 0) is 53.1 Å². The SMILES string of the molecule is CC(C)(C)NC1CCCNCC1. The molecule has 1 rings (SSSR count). The number of hydrogen-bond donors (Lipinski definition) is 2. The lowest BCUT2D eigenvalue weighted by atomic mass is 10.0. The van der Waals surface area contributed by atoms with Crippen molar-refractivity contribution in [3.63, 3.8) is 0 Å². The van der Waals surface area contributed by atoms with E-state index in [2.05, 4.69) is 31.4 Å². The highest BCUT2D eigenvalue weighted by Gasteiger charge is 2.17. The van der Waals surface area contributed by atoms with E-state index in [0.717, 1.165) is 6.04 Å². The predicted octanol–water partition coefficient (Wildman–Crippen LogP) is 1.52. The van der Waals surface area contributed by atoms with Crippen molar-refractivity contribution in [2.45, 2.75) is 51.6 Å². The quantitative estimate of drug-likeness (QED) is 0.623. The molecule has 0 saturated carbocycles. The zero-order chi connectivity index (χ0) is 9.03. The van der Waals surface area contributed by atoms with Crippen molar-refractivity contribution in [3.8, 4) is 0 Å². The molecule has 12 heavy (non-hydrogen) atoms. The Morgan fingerprint density at radius 2 is 1.92 bits per heavy atom. The van der Waals surface area contributed by atoms with Gasteiger partial charge in [-0.15, -0.1) is 0 Å². The molecule has 0 aromatic rings. The van der Waals surface area contributed by atoms with Crippen LogP contribution in [0.2, 0.25) is 0 Å². The van der Waals surface area contributed by atoms with Crippen LogP contribution >= 0.6 is 0 Å². The average Bonchev–Trinajstić information content (AvgIpc) is 2.12. The molecule has 0 amide bonds. The van der Waals surface area contributed by atoms with E-state index >= 15 is 0 Å². The van der Waals surface area contributed by atoms with Crippen LogP contribution in [0.15, 0.2) is 0 Å². The van der Waals surface area contributed by atoms with E-state index in [1.165, 1.54) is 32.4 Å². The van der Waals surface area contributed by atoms with Crippen molar-refractivity contribution in [2.24, 2.45) is 0 Å². The first-order valence-corrected chi connectivity index (χ1v) is 5.06. The van der Waals surface area contributed by atoms with Gasteiger partial charge < -0.3 is 10.6 Å². The van der Waals surface area contributed by atoms with Crippen LogP contribution in [0.1, 0.15) is 40.0 Å². The maximum Gasteiger partial charge on any atom is 0.00991 e. The summed E-state index contributed by atoms with van der Waals surface area (Å²) in [7, 11) is 0. The summed E-state index contributed by atoms with van der Waals surface area (Å²) in [5.74, 6) is 0. The lowest BCUT2D eigenvalue weighted by Crippen LogP contribution is -2.43. The van der Waals surface area contributed by atoms with Gasteiger partial charge in [0, 0.05) is 11.6 Å². The first kappa shape index (κ1) is 10.0. The molecule has 0 radical (unpaired) electrons. The summed E-state index contributed by atoms with van der Waals surface area (Å²) in [5.41, 5.74) is 0.273. The van der Waals surface area contributed by atoms with E-state index in [1.807, 2.05) is 0 Å². The van der Waals surface area contributed by atoms with E-state index in [1.54, 1.807) is 0 Å². The third-order valence-corrected chi connectivity index (χ3v) is 2.21. The molecule has 72 valence electrons. The van der Waals surface area contributed by atoms with Gasteiger partial charge in [0.15, 0.2) is 0 Å². The summed E-state index contributed by atoms with van der Waals surface area (Å²) in [6.45, 7) is 9.10. The van der Waals surface area contributed by atoms with Crippen molar-refractivity contribution in [1.29, 1.82) is 0 Å². The summed E-state index contributed by atoms with van der Waals surface area (Å²) in [4.78, 5) is 0. The fourth-order valence-electron chi connectivity index (χ4n) is 1.78. The Morgan fingerprint density at radius 3 is 2.58 bits per heavy atom. The highest BCUT2D eigenvalue weighted by Crippen LogP contribution is 2.10. The Hall–Kier alpha value is -0.0800. The number of rotatable bonds is 1.